The molecule has 0 aliphatic carbocycles. The molecule has 0 saturated carbocycles. The van der Waals surface area contributed by atoms with Crippen LogP contribution in [0.25, 0.3) is 44.7 Å². The molecule has 156 valence electrons. The third kappa shape index (κ3) is 3.35. The fourth-order valence-electron chi connectivity index (χ4n) is 3.94. The highest BCUT2D eigenvalue weighted by Gasteiger charge is 2.16. The van der Waals surface area contributed by atoms with Crippen molar-refractivity contribution in [1.29, 1.82) is 0 Å². The molecule has 0 aliphatic heterocycles. The van der Waals surface area contributed by atoms with Gasteiger partial charge < -0.3 is 15.0 Å². The molecule has 4 heterocycles. The van der Waals surface area contributed by atoms with E-state index in [2.05, 4.69) is 43.5 Å². The largest absolute Gasteiger partial charge is 0.380 e. The van der Waals surface area contributed by atoms with Crippen molar-refractivity contribution in [3.63, 3.8) is 0 Å². The molecule has 8 heteroatoms. The lowest BCUT2D eigenvalue weighted by Gasteiger charge is -2.10. The highest BCUT2D eigenvalue weighted by molar-refractivity contribution is 5.94. The second-order valence-corrected chi connectivity index (χ2v) is 7.53. The summed E-state index contributed by atoms with van der Waals surface area (Å²) in [5.74, 6) is 0.721. The minimum absolute atomic E-state index is 0.506. The molecule has 0 radical (unpaired) electrons. The van der Waals surface area contributed by atoms with E-state index in [0.29, 0.717) is 12.3 Å². The van der Waals surface area contributed by atoms with E-state index in [0.717, 1.165) is 56.7 Å². The second-order valence-electron chi connectivity index (χ2n) is 7.53. The average Bonchev–Trinajstić information content (AvgIpc) is 3.39. The van der Waals surface area contributed by atoms with Gasteiger partial charge in [0.2, 0.25) is 0 Å². The van der Waals surface area contributed by atoms with Crippen molar-refractivity contribution in [1.82, 2.24) is 35.5 Å². The number of nitrogens with one attached hydrogen (secondary N) is 3. The maximum absolute atomic E-state index is 5.31. The first-order chi connectivity index (χ1) is 15.2. The molecule has 1 aromatic carbocycles. The molecule has 3 N–H and O–H groups in total. The minimum atomic E-state index is 0.506. The Morgan fingerprint density at radius 1 is 1.13 bits per heavy atom. The van der Waals surface area contributed by atoms with E-state index in [-0.39, 0.29) is 0 Å². The first-order valence-electron chi connectivity index (χ1n) is 10.1. The van der Waals surface area contributed by atoms with Gasteiger partial charge in [0, 0.05) is 48.9 Å². The molecule has 31 heavy (non-hydrogen) atoms. The summed E-state index contributed by atoms with van der Waals surface area (Å²) in [6, 6.07) is 8.12. The zero-order valence-corrected chi connectivity index (χ0v) is 17.7. The predicted molar refractivity (Wildman–Crippen MR) is 120 cm³/mol. The van der Waals surface area contributed by atoms with Gasteiger partial charge in [-0.15, -0.1) is 0 Å². The van der Waals surface area contributed by atoms with Gasteiger partial charge in [-0.3, -0.25) is 10.1 Å². The summed E-state index contributed by atoms with van der Waals surface area (Å²) < 4.78 is 5.31. The Labute approximate surface area is 179 Å². The number of hydrogen-bond acceptors (Lipinski definition) is 6. The van der Waals surface area contributed by atoms with Crippen LogP contribution < -0.4 is 5.32 Å². The minimum Gasteiger partial charge on any atom is -0.380 e. The molecule has 0 saturated heterocycles. The number of aromatic amines is 2. The van der Waals surface area contributed by atoms with Crippen LogP contribution in [0.5, 0.6) is 0 Å². The Morgan fingerprint density at radius 3 is 2.87 bits per heavy atom. The summed E-state index contributed by atoms with van der Waals surface area (Å²) in [4.78, 5) is 17.2. The molecule has 0 aliphatic rings. The Balaban J connectivity index is 1.63. The number of aromatic nitrogens is 6. The van der Waals surface area contributed by atoms with Gasteiger partial charge in [0.1, 0.15) is 5.69 Å². The zero-order valence-electron chi connectivity index (χ0n) is 17.7. The van der Waals surface area contributed by atoms with Crippen LogP contribution in [-0.4, -0.2) is 44.3 Å². The Bertz CT molecular complexity index is 1390. The van der Waals surface area contributed by atoms with Gasteiger partial charge in [-0.1, -0.05) is 12.1 Å². The smallest absolute Gasteiger partial charge is 0.181 e. The molecule has 5 rings (SSSR count). The van der Waals surface area contributed by atoms with E-state index in [1.807, 2.05) is 43.8 Å². The number of methoxy groups -OCH3 is 1. The van der Waals surface area contributed by atoms with E-state index in [9.17, 15) is 0 Å². The van der Waals surface area contributed by atoms with Gasteiger partial charge in [0.05, 0.1) is 23.0 Å². The molecule has 0 unspecified atom stereocenters. The molecule has 0 amide bonds. The highest BCUT2D eigenvalue weighted by atomic mass is 16.5. The van der Waals surface area contributed by atoms with Crippen LogP contribution in [0.1, 0.15) is 16.7 Å². The Kier molecular flexibility index (Phi) is 4.93. The maximum atomic E-state index is 5.31. The Morgan fingerprint density at radius 2 is 2.03 bits per heavy atom. The SMILES string of the molecule is CNCc1cncc(-c2cnc3n[nH]c(-c4nc5c(COC)cccc5[nH]4)c3c2)c1C. The van der Waals surface area contributed by atoms with Gasteiger partial charge in [0.15, 0.2) is 11.5 Å². The summed E-state index contributed by atoms with van der Waals surface area (Å²) in [6.45, 7) is 3.38. The molecular weight excluding hydrogens is 390 g/mol. The first-order valence-corrected chi connectivity index (χ1v) is 10.1. The zero-order chi connectivity index (χ0) is 21.4. The van der Waals surface area contributed by atoms with Gasteiger partial charge >= 0.3 is 0 Å². The fourth-order valence-corrected chi connectivity index (χ4v) is 3.94. The second kappa shape index (κ2) is 7.90. The number of pyridine rings is 2. The lowest BCUT2D eigenvalue weighted by molar-refractivity contribution is 0.186. The molecule has 8 nitrogen and oxygen atoms in total. The molecule has 5 aromatic rings. The molecule has 0 atom stereocenters. The number of imidazole rings is 1. The lowest BCUT2D eigenvalue weighted by atomic mass is 10.00. The van der Waals surface area contributed by atoms with Crippen molar-refractivity contribution in [3.8, 4) is 22.6 Å². The lowest BCUT2D eigenvalue weighted by Crippen LogP contribution is -2.07. The molecule has 0 fully saturated rings. The third-order valence-electron chi connectivity index (χ3n) is 5.54. The number of nitrogens with zero attached hydrogens (tertiary/aromatic N) is 4. The average molecular weight is 413 g/mol. The van der Waals surface area contributed by atoms with Crippen molar-refractivity contribution in [2.75, 3.05) is 14.2 Å². The van der Waals surface area contributed by atoms with Crippen LogP contribution in [0.3, 0.4) is 0 Å². The number of hydrogen-bond donors (Lipinski definition) is 3. The van der Waals surface area contributed by atoms with E-state index >= 15 is 0 Å². The van der Waals surface area contributed by atoms with Gasteiger partial charge in [-0.2, -0.15) is 5.10 Å². The van der Waals surface area contributed by atoms with Gasteiger partial charge in [-0.25, -0.2) is 9.97 Å². The van der Waals surface area contributed by atoms with Crippen LogP contribution in [0, 0.1) is 6.92 Å². The van der Waals surface area contributed by atoms with E-state index < -0.39 is 0 Å². The van der Waals surface area contributed by atoms with Crippen LogP contribution >= 0.6 is 0 Å². The fraction of sp³-hybridized carbons (Fsp3) is 0.217. The van der Waals surface area contributed by atoms with Gasteiger partial charge in [-0.05, 0) is 37.2 Å². The van der Waals surface area contributed by atoms with Crippen molar-refractivity contribution in [2.24, 2.45) is 0 Å². The summed E-state index contributed by atoms with van der Waals surface area (Å²) in [5, 5.41) is 11.6. The number of benzene rings is 1. The van der Waals surface area contributed by atoms with Crippen LogP contribution in [-0.2, 0) is 17.9 Å². The van der Waals surface area contributed by atoms with E-state index in [1.165, 1.54) is 5.56 Å². The molecule has 0 bridgehead atoms. The van der Waals surface area contributed by atoms with E-state index in [4.69, 9.17) is 9.72 Å². The summed E-state index contributed by atoms with van der Waals surface area (Å²) in [5.41, 5.74) is 8.74. The number of para-hydroxylation sites is 1. The summed E-state index contributed by atoms with van der Waals surface area (Å²) in [7, 11) is 3.62. The summed E-state index contributed by atoms with van der Waals surface area (Å²) in [6.07, 6.45) is 5.63. The van der Waals surface area contributed by atoms with Crippen LogP contribution in [0.15, 0.2) is 42.9 Å². The normalized spacial score (nSPS) is 11.6. The molecule has 0 spiro atoms. The van der Waals surface area contributed by atoms with Crippen molar-refractivity contribution in [3.05, 3.63) is 59.5 Å². The Hall–Kier alpha value is -3.62. The number of ether oxygens (including phenoxy) is 1. The van der Waals surface area contributed by atoms with Gasteiger partial charge in [0.25, 0.3) is 0 Å². The van der Waals surface area contributed by atoms with Crippen LogP contribution in [0.2, 0.25) is 0 Å². The standard InChI is InChI=1S/C23H23N7O/c1-13-16(8-24-2)9-25-11-18(13)15-7-17-21(29-30-22(17)26-10-15)23-27-19-6-4-5-14(12-31-3)20(19)28-23/h4-7,9-11,24H,8,12H2,1-3H3,(H,27,28)(H,26,29,30). The molecular formula is C23H23N7O. The topological polar surface area (TPSA) is 104 Å². The van der Waals surface area contributed by atoms with E-state index in [1.54, 1.807) is 7.11 Å². The first kappa shape index (κ1) is 19.3. The predicted octanol–water partition coefficient (Wildman–Crippen LogP) is 3.74. The molecule has 4 aromatic heterocycles. The van der Waals surface area contributed by atoms with Crippen LogP contribution in [0.4, 0.5) is 0 Å². The summed E-state index contributed by atoms with van der Waals surface area (Å²) >= 11 is 0. The number of H-pyrrole nitrogens is 2. The highest BCUT2D eigenvalue weighted by Crippen LogP contribution is 2.31. The maximum Gasteiger partial charge on any atom is 0.181 e. The van der Waals surface area contributed by atoms with Crippen molar-refractivity contribution >= 4 is 22.1 Å². The quantitative estimate of drug-likeness (QED) is 0.392. The monoisotopic (exact) mass is 413 g/mol. The third-order valence-corrected chi connectivity index (χ3v) is 5.54. The number of rotatable bonds is 6. The van der Waals surface area contributed by atoms with Crippen molar-refractivity contribution < 1.29 is 4.74 Å². The number of fused-ring (bicyclic) bond motifs is 2. The van der Waals surface area contributed by atoms with Crippen molar-refractivity contribution in [2.45, 2.75) is 20.1 Å².